The highest BCUT2D eigenvalue weighted by molar-refractivity contribution is 7.91. The fraction of sp³-hybridized carbons (Fsp3) is 0.381. The number of rotatable bonds is 7. The van der Waals surface area contributed by atoms with Crippen LogP contribution in [0.3, 0.4) is 0 Å². The van der Waals surface area contributed by atoms with Crippen LogP contribution < -0.4 is 10.5 Å². The molecule has 0 bridgehead atoms. The number of nitrogens with one attached hydrogen (secondary N) is 1. The summed E-state index contributed by atoms with van der Waals surface area (Å²) >= 11 is 0. The Balaban J connectivity index is 1.94. The van der Waals surface area contributed by atoms with Gasteiger partial charge in [0.1, 0.15) is 0 Å². The molecule has 0 spiro atoms. The van der Waals surface area contributed by atoms with Gasteiger partial charge < -0.3 is 5.73 Å². The van der Waals surface area contributed by atoms with Gasteiger partial charge in [0.25, 0.3) is 0 Å². The molecule has 2 aromatic carbocycles. The largest absolute Gasteiger partial charge is 0.417 e. The number of amides is 1. The number of sulfone groups is 1. The number of likely N-dealkylation sites (tertiary alicyclic amines) is 1. The number of alkyl halides is 3. The maximum Gasteiger partial charge on any atom is 0.417 e. The topological polar surface area (TPSA) is 127 Å². The van der Waals surface area contributed by atoms with E-state index in [1.807, 2.05) is 0 Å². The van der Waals surface area contributed by atoms with Crippen molar-refractivity contribution in [1.29, 1.82) is 0 Å². The first-order chi connectivity index (χ1) is 15.7. The molecule has 1 amide bonds. The van der Waals surface area contributed by atoms with Gasteiger partial charge in [0.15, 0.2) is 0 Å². The van der Waals surface area contributed by atoms with E-state index in [0.717, 1.165) is 6.07 Å². The molecule has 1 atom stereocenters. The number of benzene rings is 2. The minimum absolute atomic E-state index is 0.179. The molecule has 1 aliphatic heterocycles. The zero-order valence-corrected chi connectivity index (χ0v) is 19.8. The highest BCUT2D eigenvalue weighted by Crippen LogP contribution is 2.36. The van der Waals surface area contributed by atoms with Crippen LogP contribution >= 0.6 is 0 Å². The predicted octanol–water partition coefficient (Wildman–Crippen LogP) is 2.15. The molecule has 1 fully saturated rings. The fourth-order valence-corrected chi connectivity index (χ4v) is 6.67. The van der Waals surface area contributed by atoms with E-state index in [1.165, 1.54) is 24.3 Å². The van der Waals surface area contributed by atoms with Gasteiger partial charge in [-0.25, -0.2) is 21.6 Å². The molecule has 34 heavy (non-hydrogen) atoms. The van der Waals surface area contributed by atoms with E-state index in [4.69, 9.17) is 5.73 Å². The quantitative estimate of drug-likeness (QED) is 0.577. The summed E-state index contributed by atoms with van der Waals surface area (Å²) in [5.74, 6) is -0.537. The third-order valence-electron chi connectivity index (χ3n) is 5.72. The van der Waals surface area contributed by atoms with Crippen molar-refractivity contribution in [2.75, 3.05) is 13.1 Å². The first-order valence-electron chi connectivity index (χ1n) is 10.3. The SMILES string of the molecule is CC(C(N)=O)N1CCC(NS(=O)(=O)c2cc(S(=O)(=O)c3ccccc3)ccc2C(F)(F)F)CC1. The van der Waals surface area contributed by atoms with Gasteiger partial charge in [-0.05, 0) is 50.1 Å². The standard InChI is InChI=1S/C21H24F3N3O5S2/c1-14(20(25)28)27-11-9-15(10-12-27)26-34(31,32)19-13-17(7-8-18(19)21(22,23)24)33(29,30)16-5-3-2-4-6-16/h2-8,13-15,26H,9-12H2,1H3,(H2,25,28). The molecule has 13 heteroatoms. The number of carbonyl (C=O) groups is 1. The molecule has 1 aliphatic rings. The second-order valence-electron chi connectivity index (χ2n) is 7.98. The third-order valence-corrected chi connectivity index (χ3v) is 9.05. The van der Waals surface area contributed by atoms with Crippen LogP contribution in [0.1, 0.15) is 25.3 Å². The molecule has 0 aliphatic carbocycles. The van der Waals surface area contributed by atoms with E-state index >= 15 is 0 Å². The van der Waals surface area contributed by atoms with Crippen LogP contribution in [0.5, 0.6) is 0 Å². The number of halogens is 3. The Morgan fingerprint density at radius 1 is 1.03 bits per heavy atom. The van der Waals surface area contributed by atoms with E-state index in [0.29, 0.717) is 25.2 Å². The second kappa shape index (κ2) is 9.64. The Kier molecular flexibility index (Phi) is 7.41. The van der Waals surface area contributed by atoms with Crippen LogP contribution in [-0.4, -0.2) is 52.8 Å². The number of nitrogens with two attached hydrogens (primary N) is 1. The van der Waals surface area contributed by atoms with Crippen molar-refractivity contribution in [2.45, 2.75) is 52.7 Å². The molecule has 186 valence electrons. The minimum Gasteiger partial charge on any atom is -0.368 e. The molecule has 0 aromatic heterocycles. The van der Waals surface area contributed by atoms with Gasteiger partial charge in [0.05, 0.1) is 26.3 Å². The molecule has 3 rings (SSSR count). The summed E-state index contributed by atoms with van der Waals surface area (Å²) in [6.45, 7) is 2.23. The van der Waals surface area contributed by atoms with Gasteiger partial charge in [-0.15, -0.1) is 0 Å². The molecule has 0 saturated carbocycles. The van der Waals surface area contributed by atoms with Crippen LogP contribution in [0.2, 0.25) is 0 Å². The molecular weight excluding hydrogens is 495 g/mol. The van der Waals surface area contributed by atoms with Crippen molar-refractivity contribution < 1.29 is 34.8 Å². The number of nitrogens with zero attached hydrogens (tertiary/aromatic N) is 1. The van der Waals surface area contributed by atoms with Crippen molar-refractivity contribution in [3.05, 3.63) is 54.1 Å². The van der Waals surface area contributed by atoms with Crippen LogP contribution in [0.4, 0.5) is 13.2 Å². The maximum atomic E-state index is 13.6. The lowest BCUT2D eigenvalue weighted by molar-refractivity contribution is -0.140. The molecule has 1 heterocycles. The fourth-order valence-electron chi connectivity index (χ4n) is 3.73. The van der Waals surface area contributed by atoms with Crippen LogP contribution in [0.15, 0.2) is 63.2 Å². The van der Waals surface area contributed by atoms with Gasteiger partial charge in [0, 0.05) is 19.1 Å². The van der Waals surface area contributed by atoms with E-state index in [1.54, 1.807) is 17.9 Å². The highest BCUT2D eigenvalue weighted by atomic mass is 32.2. The number of carbonyl (C=O) groups excluding carboxylic acids is 1. The normalized spacial score (nSPS) is 17.4. The predicted molar refractivity (Wildman–Crippen MR) is 117 cm³/mol. The average Bonchev–Trinajstić information content (AvgIpc) is 2.78. The zero-order valence-electron chi connectivity index (χ0n) is 18.1. The van der Waals surface area contributed by atoms with Gasteiger partial charge >= 0.3 is 6.18 Å². The zero-order chi connectivity index (χ0) is 25.3. The Bertz CT molecular complexity index is 1260. The Morgan fingerprint density at radius 2 is 1.62 bits per heavy atom. The van der Waals surface area contributed by atoms with Crippen molar-refractivity contribution in [1.82, 2.24) is 9.62 Å². The lowest BCUT2D eigenvalue weighted by Gasteiger charge is -2.34. The van der Waals surface area contributed by atoms with Crippen molar-refractivity contribution in [2.24, 2.45) is 5.73 Å². The lowest BCUT2D eigenvalue weighted by Crippen LogP contribution is -2.50. The smallest absolute Gasteiger partial charge is 0.368 e. The van der Waals surface area contributed by atoms with E-state index < -0.39 is 59.4 Å². The monoisotopic (exact) mass is 519 g/mol. The Labute approximate surface area is 195 Å². The van der Waals surface area contributed by atoms with Crippen molar-refractivity contribution in [3.63, 3.8) is 0 Å². The van der Waals surface area contributed by atoms with Gasteiger partial charge in [0.2, 0.25) is 25.8 Å². The minimum atomic E-state index is -5.03. The Hall–Kier alpha value is -2.48. The molecule has 0 radical (unpaired) electrons. The van der Waals surface area contributed by atoms with Gasteiger partial charge in [-0.1, -0.05) is 18.2 Å². The summed E-state index contributed by atoms with van der Waals surface area (Å²) in [6.07, 6.45) is -4.56. The summed E-state index contributed by atoms with van der Waals surface area (Å²) in [5.41, 5.74) is 3.81. The summed E-state index contributed by atoms with van der Waals surface area (Å²) in [5, 5.41) is 0. The molecule has 1 saturated heterocycles. The van der Waals surface area contributed by atoms with Crippen LogP contribution in [0.25, 0.3) is 0 Å². The number of hydrogen-bond acceptors (Lipinski definition) is 6. The van der Waals surface area contributed by atoms with E-state index in [9.17, 15) is 34.8 Å². The molecule has 1 unspecified atom stereocenters. The summed E-state index contributed by atoms with van der Waals surface area (Å²) in [7, 11) is -8.99. The number of hydrogen-bond donors (Lipinski definition) is 2. The average molecular weight is 520 g/mol. The number of primary amides is 1. The first-order valence-corrected chi connectivity index (χ1v) is 13.3. The molecule has 8 nitrogen and oxygen atoms in total. The van der Waals surface area contributed by atoms with Crippen LogP contribution in [0, 0.1) is 0 Å². The Morgan fingerprint density at radius 3 is 2.15 bits per heavy atom. The van der Waals surface area contributed by atoms with Gasteiger partial charge in [-0.3, -0.25) is 9.69 Å². The van der Waals surface area contributed by atoms with Gasteiger partial charge in [-0.2, -0.15) is 13.2 Å². The van der Waals surface area contributed by atoms with E-state index in [2.05, 4.69) is 4.72 Å². The summed E-state index contributed by atoms with van der Waals surface area (Å²) < 4.78 is 94.9. The van der Waals surface area contributed by atoms with Crippen molar-refractivity contribution in [3.8, 4) is 0 Å². The lowest BCUT2D eigenvalue weighted by atomic mass is 10.0. The summed E-state index contributed by atoms with van der Waals surface area (Å²) in [4.78, 5) is 11.2. The number of sulfonamides is 1. The molecular formula is C21H24F3N3O5S2. The van der Waals surface area contributed by atoms with E-state index in [-0.39, 0.29) is 17.7 Å². The summed E-state index contributed by atoms with van der Waals surface area (Å²) in [6, 6.07) is 7.48. The number of piperidine rings is 1. The first kappa shape index (κ1) is 26.1. The third kappa shape index (κ3) is 5.59. The van der Waals surface area contributed by atoms with Crippen molar-refractivity contribution >= 4 is 25.8 Å². The van der Waals surface area contributed by atoms with Crippen LogP contribution in [-0.2, 0) is 30.8 Å². The molecule has 2 aromatic rings. The maximum absolute atomic E-state index is 13.6. The molecule has 3 N–H and O–H groups in total. The second-order valence-corrected chi connectivity index (χ2v) is 11.6. The highest BCUT2D eigenvalue weighted by Gasteiger charge is 2.39.